The molecule has 1 N–H and O–H groups in total. The zero-order chi connectivity index (χ0) is 23.0. The molecule has 1 atom stereocenters. The first-order valence-corrected chi connectivity index (χ1v) is 11.6. The Morgan fingerprint density at radius 2 is 1.94 bits per heavy atom. The van der Waals surface area contributed by atoms with Crippen LogP contribution in [0.4, 0.5) is 0 Å². The summed E-state index contributed by atoms with van der Waals surface area (Å²) in [5.74, 6) is 0.443. The van der Waals surface area contributed by atoms with Gasteiger partial charge >= 0.3 is 0 Å². The number of nitrogens with zero attached hydrogens (tertiary/aromatic N) is 1. The maximum absolute atomic E-state index is 13.2. The van der Waals surface area contributed by atoms with Gasteiger partial charge in [0.15, 0.2) is 6.61 Å². The van der Waals surface area contributed by atoms with Gasteiger partial charge in [-0.3, -0.25) is 9.59 Å². The molecule has 168 valence electrons. The lowest BCUT2D eigenvalue weighted by Gasteiger charge is -2.31. The summed E-state index contributed by atoms with van der Waals surface area (Å²) >= 11 is 9.37. The first-order valence-electron chi connectivity index (χ1n) is 10.4. The number of nitrogens with one attached hydrogen (secondary N) is 1. The minimum Gasteiger partial charge on any atom is -0.483 e. The quantitative estimate of drug-likeness (QED) is 0.468. The van der Waals surface area contributed by atoms with Crippen molar-refractivity contribution in [3.8, 4) is 5.75 Å². The van der Waals surface area contributed by atoms with E-state index in [0.29, 0.717) is 40.7 Å². The van der Waals surface area contributed by atoms with Crippen molar-refractivity contribution in [2.45, 2.75) is 46.7 Å². The summed E-state index contributed by atoms with van der Waals surface area (Å²) in [6.07, 6.45) is 0.506. The maximum atomic E-state index is 13.2. The van der Waals surface area contributed by atoms with E-state index in [-0.39, 0.29) is 18.4 Å². The zero-order valence-corrected chi connectivity index (χ0v) is 20.8. The second-order valence-corrected chi connectivity index (χ2v) is 9.23. The first kappa shape index (κ1) is 25.2. The highest BCUT2D eigenvalue weighted by atomic mass is 79.9. The number of carbonyl (C=O) groups is 2. The molecule has 2 aromatic rings. The van der Waals surface area contributed by atoms with Gasteiger partial charge in [0.05, 0.1) is 4.47 Å². The van der Waals surface area contributed by atoms with Crippen LogP contribution in [0.2, 0.25) is 5.02 Å². The van der Waals surface area contributed by atoms with Gasteiger partial charge in [0.2, 0.25) is 5.91 Å². The van der Waals surface area contributed by atoms with Gasteiger partial charge in [-0.2, -0.15) is 0 Å². The van der Waals surface area contributed by atoms with Crippen molar-refractivity contribution < 1.29 is 14.3 Å². The van der Waals surface area contributed by atoms with E-state index in [4.69, 9.17) is 16.3 Å². The van der Waals surface area contributed by atoms with Gasteiger partial charge in [0, 0.05) is 18.1 Å². The number of halogens is 2. The monoisotopic (exact) mass is 508 g/mol. The third-order valence-corrected chi connectivity index (χ3v) is 5.61. The van der Waals surface area contributed by atoms with E-state index >= 15 is 0 Å². The molecule has 0 spiro atoms. The lowest BCUT2D eigenvalue weighted by molar-refractivity contribution is -0.143. The minimum atomic E-state index is -0.580. The van der Waals surface area contributed by atoms with Crippen LogP contribution in [-0.2, 0) is 16.1 Å². The molecule has 2 amide bonds. The van der Waals surface area contributed by atoms with Crippen LogP contribution in [0.3, 0.4) is 0 Å². The number of rotatable bonds is 10. The Labute approximate surface area is 198 Å². The van der Waals surface area contributed by atoms with E-state index in [1.807, 2.05) is 52.0 Å². The van der Waals surface area contributed by atoms with Crippen LogP contribution in [0.25, 0.3) is 0 Å². The zero-order valence-electron chi connectivity index (χ0n) is 18.5. The van der Waals surface area contributed by atoms with Crippen LogP contribution in [0, 0.1) is 12.8 Å². The Kier molecular flexibility index (Phi) is 9.85. The summed E-state index contributed by atoms with van der Waals surface area (Å²) in [6, 6.07) is 12.5. The number of ether oxygens (including phenoxy) is 1. The van der Waals surface area contributed by atoms with Crippen LogP contribution in [0.15, 0.2) is 46.9 Å². The van der Waals surface area contributed by atoms with E-state index in [1.165, 1.54) is 0 Å². The van der Waals surface area contributed by atoms with Gasteiger partial charge in [0.25, 0.3) is 5.91 Å². The van der Waals surface area contributed by atoms with E-state index in [0.717, 1.165) is 11.1 Å². The Hall–Kier alpha value is -2.05. The lowest BCUT2D eigenvalue weighted by atomic mass is 10.1. The van der Waals surface area contributed by atoms with Crippen molar-refractivity contribution >= 4 is 39.3 Å². The van der Waals surface area contributed by atoms with Crippen LogP contribution in [0.1, 0.15) is 38.3 Å². The molecule has 0 aliphatic rings. The van der Waals surface area contributed by atoms with Crippen LogP contribution in [0.5, 0.6) is 5.75 Å². The second kappa shape index (κ2) is 12.1. The highest BCUT2D eigenvalue weighted by Crippen LogP contribution is 2.28. The molecule has 0 aromatic heterocycles. The van der Waals surface area contributed by atoms with E-state index < -0.39 is 6.04 Å². The van der Waals surface area contributed by atoms with E-state index in [9.17, 15) is 9.59 Å². The minimum absolute atomic E-state index is 0.148. The molecule has 0 aliphatic heterocycles. The molecule has 0 saturated heterocycles. The highest BCUT2D eigenvalue weighted by molar-refractivity contribution is 9.10. The molecule has 2 rings (SSSR count). The molecule has 0 heterocycles. The molecule has 0 radical (unpaired) electrons. The molecular formula is C24H30BrClN2O3. The molecule has 0 fully saturated rings. The Morgan fingerprint density at radius 1 is 1.19 bits per heavy atom. The van der Waals surface area contributed by atoms with Gasteiger partial charge < -0.3 is 15.0 Å². The Balaban J connectivity index is 2.21. The van der Waals surface area contributed by atoms with Crippen molar-refractivity contribution in [3.63, 3.8) is 0 Å². The molecule has 0 aliphatic carbocycles. The predicted octanol–water partition coefficient (Wildman–Crippen LogP) is 5.37. The van der Waals surface area contributed by atoms with Crippen LogP contribution in [-0.4, -0.2) is 35.9 Å². The molecule has 31 heavy (non-hydrogen) atoms. The van der Waals surface area contributed by atoms with Crippen LogP contribution < -0.4 is 10.1 Å². The first-order chi connectivity index (χ1) is 14.7. The average molecular weight is 510 g/mol. The van der Waals surface area contributed by atoms with Crippen molar-refractivity contribution in [3.05, 3.63) is 63.1 Å². The van der Waals surface area contributed by atoms with E-state index in [1.54, 1.807) is 23.1 Å². The number of hydrogen-bond acceptors (Lipinski definition) is 3. The number of amides is 2. The summed E-state index contributed by atoms with van der Waals surface area (Å²) in [5, 5.41) is 3.53. The van der Waals surface area contributed by atoms with Crippen molar-refractivity contribution in [1.29, 1.82) is 0 Å². The average Bonchev–Trinajstić information content (AvgIpc) is 2.71. The number of hydrogen-bond donors (Lipinski definition) is 1. The van der Waals surface area contributed by atoms with Gasteiger partial charge in [0.1, 0.15) is 11.8 Å². The third-order valence-electron chi connectivity index (χ3n) is 4.75. The summed E-state index contributed by atoms with van der Waals surface area (Å²) in [5.41, 5.74) is 2.07. The van der Waals surface area contributed by atoms with Crippen LogP contribution >= 0.6 is 27.5 Å². The van der Waals surface area contributed by atoms with Crippen molar-refractivity contribution in [1.82, 2.24) is 10.2 Å². The third kappa shape index (κ3) is 7.86. The molecule has 5 nitrogen and oxygen atoms in total. The van der Waals surface area contributed by atoms with Gasteiger partial charge in [-0.15, -0.1) is 0 Å². The summed E-state index contributed by atoms with van der Waals surface area (Å²) in [6.45, 7) is 8.70. The van der Waals surface area contributed by atoms with Crippen molar-refractivity contribution in [2.75, 3.05) is 13.2 Å². The standard InChI is InChI=1S/C24H30BrClN2O3/c1-5-21(24(30)27-13-16(2)3)28(14-18-8-6-7-17(4)11-18)23(29)15-31-22-10-9-19(26)12-20(22)25/h6-12,16,21H,5,13-15H2,1-4H3,(H,27,30)/t21-/m1/s1. The SMILES string of the molecule is CC[C@H](C(=O)NCC(C)C)N(Cc1cccc(C)c1)C(=O)COc1ccc(Cl)cc1Br. The fourth-order valence-corrected chi connectivity index (χ4v) is 3.96. The second-order valence-electron chi connectivity index (χ2n) is 7.94. The van der Waals surface area contributed by atoms with Crippen molar-refractivity contribution in [2.24, 2.45) is 5.92 Å². The molecule has 7 heteroatoms. The Bertz CT molecular complexity index is 904. The molecule has 2 aromatic carbocycles. The fourth-order valence-electron chi connectivity index (χ4n) is 3.16. The normalized spacial score (nSPS) is 11.8. The van der Waals surface area contributed by atoms with E-state index in [2.05, 4.69) is 21.2 Å². The number of aryl methyl sites for hydroxylation is 1. The lowest BCUT2D eigenvalue weighted by Crippen LogP contribution is -2.50. The smallest absolute Gasteiger partial charge is 0.261 e. The van der Waals surface area contributed by atoms with Gasteiger partial charge in [-0.25, -0.2) is 0 Å². The molecule has 0 bridgehead atoms. The molecule has 0 saturated carbocycles. The molecular weight excluding hydrogens is 480 g/mol. The summed E-state index contributed by atoms with van der Waals surface area (Å²) < 4.78 is 6.41. The fraction of sp³-hybridized carbons (Fsp3) is 0.417. The number of benzene rings is 2. The van der Waals surface area contributed by atoms with Gasteiger partial charge in [-0.05, 0) is 59.0 Å². The van der Waals surface area contributed by atoms with Gasteiger partial charge in [-0.1, -0.05) is 62.2 Å². The highest BCUT2D eigenvalue weighted by Gasteiger charge is 2.29. The summed E-state index contributed by atoms with van der Waals surface area (Å²) in [7, 11) is 0. The Morgan fingerprint density at radius 3 is 2.55 bits per heavy atom. The molecule has 0 unspecified atom stereocenters. The topological polar surface area (TPSA) is 58.6 Å². The maximum Gasteiger partial charge on any atom is 0.261 e. The number of carbonyl (C=O) groups excluding carboxylic acids is 2. The summed E-state index contributed by atoms with van der Waals surface area (Å²) in [4.78, 5) is 27.7. The largest absolute Gasteiger partial charge is 0.483 e. The predicted molar refractivity (Wildman–Crippen MR) is 128 cm³/mol.